The first kappa shape index (κ1) is 24.9. The van der Waals surface area contributed by atoms with Gasteiger partial charge in [0.15, 0.2) is 0 Å². The van der Waals surface area contributed by atoms with Crippen LogP contribution in [0.25, 0.3) is 0 Å². The normalized spacial score (nSPS) is 9.90. The van der Waals surface area contributed by atoms with Crippen LogP contribution in [-0.2, 0) is 17.7 Å². The fourth-order valence-corrected chi connectivity index (χ4v) is 2.78. The zero-order chi connectivity index (χ0) is 23.9. The van der Waals surface area contributed by atoms with E-state index in [-0.39, 0.29) is 35.1 Å². The third-order valence-corrected chi connectivity index (χ3v) is 4.23. The standard InChI is InChI=1S/C12H14O6.C8H6O5/c1-3-5-7(11(15)16)10(14)6(4-2)8(9(5)13)12(17)18;9-7(10)5-1-3-6(4-2-5)8(11)13-12/h13-14H,3-4H2,1-2H3,(H,15,16)(H,17,18);1-4,12H,(H,9,10). The summed E-state index contributed by atoms with van der Waals surface area (Å²) in [4.78, 5) is 46.7. The monoisotopic (exact) mass is 436 g/mol. The number of aromatic hydroxyl groups is 2. The first-order valence-electron chi connectivity index (χ1n) is 8.76. The largest absolute Gasteiger partial charge is 0.507 e. The fourth-order valence-electron chi connectivity index (χ4n) is 2.78. The molecule has 11 heteroatoms. The maximum Gasteiger partial charge on any atom is 0.372 e. The lowest BCUT2D eigenvalue weighted by Crippen LogP contribution is -2.11. The van der Waals surface area contributed by atoms with Crippen molar-refractivity contribution in [3.63, 3.8) is 0 Å². The molecule has 0 spiro atoms. The Morgan fingerprint density at radius 2 is 1.06 bits per heavy atom. The molecule has 0 aliphatic carbocycles. The Kier molecular flexibility index (Phi) is 8.52. The van der Waals surface area contributed by atoms with E-state index in [1.54, 1.807) is 13.8 Å². The Morgan fingerprint density at radius 3 is 1.32 bits per heavy atom. The molecule has 0 saturated carbocycles. The summed E-state index contributed by atoms with van der Waals surface area (Å²) in [7, 11) is 0. The van der Waals surface area contributed by atoms with Crippen LogP contribution in [0.2, 0.25) is 0 Å². The first-order chi connectivity index (χ1) is 14.5. The van der Waals surface area contributed by atoms with E-state index in [1.807, 2.05) is 0 Å². The number of aromatic carboxylic acids is 3. The quantitative estimate of drug-likeness (QED) is 0.221. The van der Waals surface area contributed by atoms with Gasteiger partial charge in [-0.3, -0.25) is 4.89 Å². The van der Waals surface area contributed by atoms with E-state index >= 15 is 0 Å². The van der Waals surface area contributed by atoms with Crippen molar-refractivity contribution in [3.05, 3.63) is 57.6 Å². The minimum Gasteiger partial charge on any atom is -0.507 e. The van der Waals surface area contributed by atoms with E-state index < -0.39 is 46.5 Å². The third-order valence-electron chi connectivity index (χ3n) is 4.23. The third kappa shape index (κ3) is 5.48. The summed E-state index contributed by atoms with van der Waals surface area (Å²) in [6.07, 6.45) is 0.205. The number of hydrogen-bond acceptors (Lipinski definition) is 8. The van der Waals surface area contributed by atoms with Crippen LogP contribution in [0.3, 0.4) is 0 Å². The lowest BCUT2D eigenvalue weighted by atomic mass is 9.92. The van der Waals surface area contributed by atoms with Gasteiger partial charge in [-0.25, -0.2) is 19.2 Å². The molecule has 2 rings (SSSR count). The summed E-state index contributed by atoms with van der Waals surface area (Å²) in [5.74, 6) is -5.97. The minimum atomic E-state index is -1.40. The van der Waals surface area contributed by atoms with Crippen molar-refractivity contribution < 1.29 is 54.9 Å². The summed E-state index contributed by atoms with van der Waals surface area (Å²) in [5, 5.41) is 54.3. The van der Waals surface area contributed by atoms with Gasteiger partial charge in [0, 0.05) is 11.1 Å². The molecule has 0 aliphatic rings. The minimum absolute atomic E-state index is 0.0643. The van der Waals surface area contributed by atoms with E-state index in [4.69, 9.17) is 20.6 Å². The molecule has 11 nitrogen and oxygen atoms in total. The number of carboxylic acid groups (broad SMARTS) is 3. The Labute approximate surface area is 175 Å². The predicted octanol–water partition coefficient (Wildman–Crippen LogP) is 2.63. The molecule has 0 heterocycles. The molecule has 0 bridgehead atoms. The van der Waals surface area contributed by atoms with Gasteiger partial charge in [0.25, 0.3) is 0 Å². The van der Waals surface area contributed by atoms with E-state index in [1.165, 1.54) is 24.3 Å². The highest BCUT2D eigenvalue weighted by atomic mass is 17.1. The molecule has 0 amide bonds. The summed E-state index contributed by atoms with van der Waals surface area (Å²) in [6, 6.07) is 4.99. The maximum absolute atomic E-state index is 11.1. The van der Waals surface area contributed by atoms with E-state index in [9.17, 15) is 29.4 Å². The highest BCUT2D eigenvalue weighted by molar-refractivity contribution is 6.00. The second-order valence-corrected chi connectivity index (χ2v) is 5.98. The van der Waals surface area contributed by atoms with Crippen molar-refractivity contribution in [1.82, 2.24) is 0 Å². The SMILES string of the molecule is CCc1c(O)c(C(=O)O)c(CC)c(O)c1C(=O)O.O=C(O)c1ccc(C(=O)OO)cc1. The first-order valence-corrected chi connectivity index (χ1v) is 8.76. The molecule has 0 aromatic heterocycles. The molecule has 0 aliphatic heterocycles. The van der Waals surface area contributed by atoms with Crippen molar-refractivity contribution in [2.24, 2.45) is 0 Å². The number of benzene rings is 2. The van der Waals surface area contributed by atoms with Gasteiger partial charge in [-0.2, -0.15) is 5.26 Å². The predicted molar refractivity (Wildman–Crippen MR) is 104 cm³/mol. The molecular weight excluding hydrogens is 416 g/mol. The molecule has 0 saturated heterocycles. The van der Waals surface area contributed by atoms with Gasteiger partial charge in [-0.15, -0.1) is 0 Å². The molecule has 0 unspecified atom stereocenters. The second kappa shape index (κ2) is 10.6. The Balaban J connectivity index is 0.000000327. The summed E-state index contributed by atoms with van der Waals surface area (Å²) in [6.45, 7) is 3.14. The van der Waals surface area contributed by atoms with E-state index in [0.717, 1.165) is 0 Å². The lowest BCUT2D eigenvalue weighted by Gasteiger charge is -2.15. The van der Waals surface area contributed by atoms with Crippen molar-refractivity contribution in [2.45, 2.75) is 26.7 Å². The number of carboxylic acids is 3. The molecule has 0 fully saturated rings. The fraction of sp³-hybridized carbons (Fsp3) is 0.200. The van der Waals surface area contributed by atoms with Gasteiger partial charge in [-0.1, -0.05) is 13.8 Å². The van der Waals surface area contributed by atoms with E-state index in [2.05, 4.69) is 4.89 Å². The van der Waals surface area contributed by atoms with Crippen molar-refractivity contribution in [1.29, 1.82) is 0 Å². The average molecular weight is 436 g/mol. The van der Waals surface area contributed by atoms with Crippen molar-refractivity contribution in [3.8, 4) is 11.5 Å². The number of carbonyl (C=O) groups is 4. The topological polar surface area (TPSA) is 199 Å². The zero-order valence-electron chi connectivity index (χ0n) is 16.4. The second-order valence-electron chi connectivity index (χ2n) is 5.98. The average Bonchev–Trinajstić information content (AvgIpc) is 2.73. The van der Waals surface area contributed by atoms with Crippen LogP contribution < -0.4 is 0 Å². The molecule has 31 heavy (non-hydrogen) atoms. The van der Waals surface area contributed by atoms with Gasteiger partial charge in [0.1, 0.15) is 22.6 Å². The summed E-state index contributed by atoms with van der Waals surface area (Å²) < 4.78 is 0. The molecule has 2 aromatic carbocycles. The number of hydrogen-bond donors (Lipinski definition) is 6. The van der Waals surface area contributed by atoms with E-state index in [0.29, 0.717) is 0 Å². The lowest BCUT2D eigenvalue weighted by molar-refractivity contribution is -0.182. The van der Waals surface area contributed by atoms with Crippen LogP contribution in [0.5, 0.6) is 11.5 Å². The number of rotatable bonds is 6. The van der Waals surface area contributed by atoms with Crippen LogP contribution in [-0.4, -0.2) is 54.7 Å². The molecule has 6 N–H and O–H groups in total. The molecular formula is C20H20O11. The molecule has 0 atom stereocenters. The Bertz CT molecular complexity index is 959. The summed E-state index contributed by atoms with van der Waals surface area (Å²) in [5.41, 5.74) is -0.861. The highest BCUT2D eigenvalue weighted by Gasteiger charge is 2.28. The van der Waals surface area contributed by atoms with Crippen LogP contribution in [0.1, 0.15) is 66.4 Å². The molecule has 166 valence electrons. The van der Waals surface area contributed by atoms with Gasteiger partial charge in [0.05, 0.1) is 11.1 Å². The van der Waals surface area contributed by atoms with Gasteiger partial charge in [-0.05, 0) is 37.1 Å². The van der Waals surface area contributed by atoms with Crippen LogP contribution >= 0.6 is 0 Å². The van der Waals surface area contributed by atoms with Gasteiger partial charge >= 0.3 is 23.9 Å². The van der Waals surface area contributed by atoms with Crippen molar-refractivity contribution in [2.75, 3.05) is 0 Å². The van der Waals surface area contributed by atoms with Crippen molar-refractivity contribution >= 4 is 23.9 Å². The smallest absolute Gasteiger partial charge is 0.372 e. The molecule has 2 aromatic rings. The Hall–Kier alpha value is -4.12. The summed E-state index contributed by atoms with van der Waals surface area (Å²) >= 11 is 0. The number of phenols is 2. The maximum atomic E-state index is 11.1. The Morgan fingerprint density at radius 1 is 0.710 bits per heavy atom. The van der Waals surface area contributed by atoms with Crippen LogP contribution in [0, 0.1) is 0 Å². The van der Waals surface area contributed by atoms with Crippen LogP contribution in [0.15, 0.2) is 24.3 Å². The number of carbonyl (C=O) groups excluding carboxylic acids is 1. The van der Waals surface area contributed by atoms with Crippen LogP contribution in [0.4, 0.5) is 0 Å². The van der Waals surface area contributed by atoms with Gasteiger partial charge in [0.2, 0.25) is 0 Å². The highest BCUT2D eigenvalue weighted by Crippen LogP contribution is 2.38. The molecule has 0 radical (unpaired) electrons. The van der Waals surface area contributed by atoms with Gasteiger partial charge < -0.3 is 25.5 Å². The zero-order valence-corrected chi connectivity index (χ0v) is 16.4.